The van der Waals surface area contributed by atoms with Crippen molar-refractivity contribution in [1.29, 1.82) is 0 Å². The Labute approximate surface area is 205 Å². The molecule has 1 aliphatic carbocycles. The number of Topliss-reactive ketones (excluding diaryl/α,β-unsaturated/α-hetero) is 2. The van der Waals surface area contributed by atoms with Crippen LogP contribution in [0, 0.1) is 0 Å². The molecule has 0 aromatic heterocycles. The number of carbonyl (C=O) groups is 2. The molecule has 5 rings (SSSR count). The van der Waals surface area contributed by atoms with Crippen molar-refractivity contribution in [3.8, 4) is 0 Å². The summed E-state index contributed by atoms with van der Waals surface area (Å²) < 4.78 is 40.7. The van der Waals surface area contributed by atoms with Crippen LogP contribution in [-0.4, -0.2) is 47.5 Å². The van der Waals surface area contributed by atoms with E-state index in [4.69, 9.17) is 11.6 Å². The summed E-state index contributed by atoms with van der Waals surface area (Å²) in [5.74, 6) is -0.950. The van der Waals surface area contributed by atoms with Crippen LogP contribution in [0.5, 0.6) is 0 Å². The summed E-state index contributed by atoms with van der Waals surface area (Å²) in [7, 11) is 0. The number of hydrogen-bond acceptors (Lipinski definition) is 4. The number of fused-ring (bicyclic) bond motifs is 1. The van der Waals surface area contributed by atoms with Crippen LogP contribution in [0.4, 0.5) is 13.2 Å². The molecule has 4 nitrogen and oxygen atoms in total. The second-order valence-corrected chi connectivity index (χ2v) is 9.25. The van der Waals surface area contributed by atoms with Gasteiger partial charge in [0.25, 0.3) is 0 Å². The van der Waals surface area contributed by atoms with Crippen LogP contribution in [0.25, 0.3) is 0 Å². The Kier molecular flexibility index (Phi) is 6.03. The maximum absolute atomic E-state index is 13.8. The molecule has 1 heterocycles. The van der Waals surface area contributed by atoms with E-state index in [1.165, 1.54) is 12.1 Å². The van der Waals surface area contributed by atoms with E-state index in [0.717, 1.165) is 17.7 Å². The van der Waals surface area contributed by atoms with Gasteiger partial charge in [-0.25, -0.2) is 0 Å². The summed E-state index contributed by atoms with van der Waals surface area (Å²) in [5.41, 5.74) is -1.19. The van der Waals surface area contributed by atoms with E-state index >= 15 is 0 Å². The van der Waals surface area contributed by atoms with Crippen molar-refractivity contribution >= 4 is 23.2 Å². The zero-order chi connectivity index (χ0) is 24.8. The second-order valence-electron chi connectivity index (χ2n) is 8.85. The first-order valence-corrected chi connectivity index (χ1v) is 11.7. The number of hydrogen-bond donors (Lipinski definition) is 0. The van der Waals surface area contributed by atoms with E-state index in [9.17, 15) is 22.8 Å². The minimum Gasteiger partial charge on any atom is -0.296 e. The number of benzene rings is 3. The van der Waals surface area contributed by atoms with Gasteiger partial charge in [0.2, 0.25) is 0 Å². The van der Waals surface area contributed by atoms with E-state index in [1.807, 2.05) is 24.3 Å². The molecule has 180 valence electrons. The summed E-state index contributed by atoms with van der Waals surface area (Å²) in [6.07, 6.45) is -4.59. The van der Waals surface area contributed by atoms with E-state index in [2.05, 4.69) is 4.90 Å². The van der Waals surface area contributed by atoms with Crippen LogP contribution in [0.3, 0.4) is 0 Å². The van der Waals surface area contributed by atoms with Crippen molar-refractivity contribution < 1.29 is 22.8 Å². The van der Waals surface area contributed by atoms with Gasteiger partial charge < -0.3 is 0 Å². The van der Waals surface area contributed by atoms with E-state index in [1.54, 1.807) is 29.2 Å². The van der Waals surface area contributed by atoms with Gasteiger partial charge in [0.05, 0.1) is 5.56 Å². The lowest BCUT2D eigenvalue weighted by Gasteiger charge is -2.44. The van der Waals surface area contributed by atoms with E-state index < -0.39 is 28.8 Å². The number of alkyl halides is 3. The Morgan fingerprint density at radius 3 is 2.00 bits per heavy atom. The zero-order valence-corrected chi connectivity index (χ0v) is 19.4. The fraction of sp³-hybridized carbons (Fsp3) is 0.259. The van der Waals surface area contributed by atoms with Crippen molar-refractivity contribution in [3.05, 3.63) is 106 Å². The van der Waals surface area contributed by atoms with Crippen molar-refractivity contribution in [1.82, 2.24) is 9.80 Å². The van der Waals surface area contributed by atoms with Gasteiger partial charge in [-0.3, -0.25) is 19.4 Å². The third-order valence-electron chi connectivity index (χ3n) is 6.88. The monoisotopic (exact) mass is 498 g/mol. The highest BCUT2D eigenvalue weighted by molar-refractivity contribution is 6.33. The molecule has 1 saturated heterocycles. The Morgan fingerprint density at radius 2 is 1.40 bits per heavy atom. The molecule has 1 aliphatic heterocycles. The molecule has 3 aromatic rings. The van der Waals surface area contributed by atoms with E-state index in [-0.39, 0.29) is 16.7 Å². The van der Waals surface area contributed by atoms with Crippen molar-refractivity contribution in [2.75, 3.05) is 26.2 Å². The van der Waals surface area contributed by atoms with Gasteiger partial charge in [0.1, 0.15) is 0 Å². The first kappa shape index (κ1) is 23.7. The second kappa shape index (κ2) is 8.90. The highest BCUT2D eigenvalue weighted by atomic mass is 35.5. The van der Waals surface area contributed by atoms with Crippen molar-refractivity contribution in [2.24, 2.45) is 0 Å². The number of ketones is 2. The molecular formula is C27H22ClF3N2O2. The predicted octanol–water partition coefficient (Wildman–Crippen LogP) is 5.45. The van der Waals surface area contributed by atoms with Gasteiger partial charge in [-0.1, -0.05) is 66.2 Å². The number of piperazine rings is 1. The highest BCUT2D eigenvalue weighted by Gasteiger charge is 2.58. The molecule has 0 unspecified atom stereocenters. The van der Waals surface area contributed by atoms with Gasteiger partial charge in [0.15, 0.2) is 17.1 Å². The average Bonchev–Trinajstić information content (AvgIpc) is 3.08. The third-order valence-corrected chi connectivity index (χ3v) is 7.25. The summed E-state index contributed by atoms with van der Waals surface area (Å²) in [6.45, 7) is 2.34. The van der Waals surface area contributed by atoms with Crippen LogP contribution < -0.4 is 0 Å². The molecule has 0 amide bonds. The largest absolute Gasteiger partial charge is 0.416 e. The van der Waals surface area contributed by atoms with Gasteiger partial charge >= 0.3 is 6.18 Å². The third kappa shape index (κ3) is 3.97. The number of nitrogens with zero attached hydrogens (tertiary/aromatic N) is 2. The van der Waals surface area contributed by atoms with Crippen LogP contribution in [-0.2, 0) is 18.3 Å². The SMILES string of the molecule is O=C1c2ccccc2C(=O)C1(c1cccc(C(F)(F)F)c1)N1CCN(Cc2ccccc2Cl)CC1. The standard InChI is InChI=1S/C27H22ClF3N2O2/c28-23-11-4-1-6-18(23)17-32-12-14-33(15-13-32)26(19-7-5-8-20(16-19)27(29,30)31)24(34)21-9-2-3-10-22(21)25(26)35/h1-11,16H,12-15,17H2. The lowest BCUT2D eigenvalue weighted by Crippen LogP contribution is -2.60. The van der Waals surface area contributed by atoms with Crippen LogP contribution in [0.15, 0.2) is 72.8 Å². The van der Waals surface area contributed by atoms with E-state index in [0.29, 0.717) is 37.7 Å². The maximum atomic E-state index is 13.8. The summed E-state index contributed by atoms with van der Waals surface area (Å²) in [5, 5.41) is 0.659. The quantitative estimate of drug-likeness (QED) is 0.448. The van der Waals surface area contributed by atoms with Crippen LogP contribution >= 0.6 is 11.6 Å². The minimum absolute atomic E-state index is 0.0538. The molecule has 0 saturated carbocycles. The lowest BCUT2D eigenvalue weighted by atomic mass is 9.81. The summed E-state index contributed by atoms with van der Waals surface area (Å²) in [6, 6.07) is 18.6. The van der Waals surface area contributed by atoms with Gasteiger partial charge in [0, 0.05) is 48.9 Å². The molecule has 0 radical (unpaired) electrons. The van der Waals surface area contributed by atoms with Gasteiger partial charge in [-0.05, 0) is 29.3 Å². The fourth-order valence-electron chi connectivity index (χ4n) is 5.13. The first-order chi connectivity index (χ1) is 16.7. The number of carbonyl (C=O) groups excluding carboxylic acids is 2. The molecule has 1 fully saturated rings. The fourth-order valence-corrected chi connectivity index (χ4v) is 5.33. The molecule has 3 aromatic carbocycles. The van der Waals surface area contributed by atoms with Gasteiger partial charge in [-0.2, -0.15) is 13.2 Å². The first-order valence-electron chi connectivity index (χ1n) is 11.3. The Bertz CT molecular complexity index is 1260. The molecule has 0 atom stereocenters. The molecule has 2 aliphatic rings. The molecule has 35 heavy (non-hydrogen) atoms. The Balaban J connectivity index is 1.52. The normalized spacial score (nSPS) is 18.6. The Morgan fingerprint density at radius 1 is 0.800 bits per heavy atom. The van der Waals surface area contributed by atoms with Crippen molar-refractivity contribution in [2.45, 2.75) is 18.3 Å². The molecule has 0 bridgehead atoms. The van der Waals surface area contributed by atoms with Crippen LogP contribution in [0.2, 0.25) is 5.02 Å². The molecule has 8 heteroatoms. The molecular weight excluding hydrogens is 477 g/mol. The number of halogens is 4. The lowest BCUT2D eigenvalue weighted by molar-refractivity contribution is -0.137. The molecule has 0 spiro atoms. The highest BCUT2D eigenvalue weighted by Crippen LogP contribution is 2.44. The molecule has 0 N–H and O–H groups in total. The van der Waals surface area contributed by atoms with Gasteiger partial charge in [-0.15, -0.1) is 0 Å². The minimum atomic E-state index is -4.59. The number of rotatable bonds is 4. The van der Waals surface area contributed by atoms with Crippen molar-refractivity contribution in [3.63, 3.8) is 0 Å². The van der Waals surface area contributed by atoms with Crippen LogP contribution in [0.1, 0.15) is 37.4 Å². The topological polar surface area (TPSA) is 40.6 Å². The Hall–Kier alpha value is -3.00. The smallest absolute Gasteiger partial charge is 0.296 e. The summed E-state index contributed by atoms with van der Waals surface area (Å²) in [4.78, 5) is 31.6. The zero-order valence-electron chi connectivity index (χ0n) is 18.7. The summed E-state index contributed by atoms with van der Waals surface area (Å²) >= 11 is 6.30. The maximum Gasteiger partial charge on any atom is 0.416 e. The average molecular weight is 499 g/mol. The predicted molar refractivity (Wildman–Crippen MR) is 127 cm³/mol.